The summed E-state index contributed by atoms with van der Waals surface area (Å²) in [7, 11) is 0. The Kier molecular flexibility index (Phi) is 7.48. The zero-order valence-electron chi connectivity index (χ0n) is 17.1. The van der Waals surface area contributed by atoms with Crippen LogP contribution in [0.2, 0.25) is 0 Å². The quantitative estimate of drug-likeness (QED) is 0.519. The molecule has 1 aromatic carbocycles. The van der Waals surface area contributed by atoms with E-state index in [2.05, 4.69) is 20.0 Å². The van der Waals surface area contributed by atoms with Gasteiger partial charge in [0.05, 0.1) is 12.2 Å². The molecule has 2 aromatic heterocycles. The fourth-order valence-corrected chi connectivity index (χ4v) is 2.55. The van der Waals surface area contributed by atoms with Crippen molar-refractivity contribution >= 4 is 5.91 Å². The summed E-state index contributed by atoms with van der Waals surface area (Å²) in [5.74, 6) is 1.02. The highest BCUT2D eigenvalue weighted by atomic mass is 19.4. The van der Waals surface area contributed by atoms with Crippen molar-refractivity contribution in [1.82, 2.24) is 15.3 Å². The predicted octanol–water partition coefficient (Wildman–Crippen LogP) is 4.54. The maximum atomic E-state index is 12.3. The molecule has 0 aliphatic carbocycles. The molecule has 1 amide bonds. The minimum Gasteiger partial charge on any atom is -0.494 e. The Balaban J connectivity index is 1.53. The molecule has 0 radical (unpaired) electrons. The van der Waals surface area contributed by atoms with Gasteiger partial charge in [-0.2, -0.15) is 13.2 Å². The third-order valence-electron chi connectivity index (χ3n) is 3.99. The Labute approximate surface area is 182 Å². The molecule has 0 fully saturated rings. The van der Waals surface area contributed by atoms with Crippen LogP contribution in [0.1, 0.15) is 22.8 Å². The molecule has 0 saturated carbocycles. The van der Waals surface area contributed by atoms with Crippen molar-refractivity contribution < 1.29 is 32.2 Å². The lowest BCUT2D eigenvalue weighted by Gasteiger charge is -2.10. The number of ether oxygens (including phenoxy) is 3. The van der Waals surface area contributed by atoms with Crippen LogP contribution in [0.5, 0.6) is 23.3 Å². The molecular formula is C22H20F3N3O4. The number of hydrogen-bond acceptors (Lipinski definition) is 6. The maximum Gasteiger partial charge on any atom is 0.422 e. The standard InChI is InChI=1S/C22H20F3N3O4/c1-2-30-17-4-6-18(7-5-17)32-20-11-15(9-10-26-20)12-28-21(29)16-3-8-19(27-13-16)31-14-22(23,24)25/h3-11,13H,2,12,14H2,1H3,(H,28,29). The van der Waals surface area contributed by atoms with Crippen LogP contribution in [0.3, 0.4) is 0 Å². The summed E-state index contributed by atoms with van der Waals surface area (Å²) in [6.07, 6.45) is -1.76. The highest BCUT2D eigenvalue weighted by molar-refractivity contribution is 5.93. The largest absolute Gasteiger partial charge is 0.494 e. The van der Waals surface area contributed by atoms with Gasteiger partial charge in [-0.05, 0) is 48.9 Å². The third-order valence-corrected chi connectivity index (χ3v) is 3.99. The summed E-state index contributed by atoms with van der Waals surface area (Å²) < 4.78 is 52.1. The average Bonchev–Trinajstić information content (AvgIpc) is 2.78. The normalized spacial score (nSPS) is 11.0. The Morgan fingerprint density at radius 3 is 2.38 bits per heavy atom. The van der Waals surface area contributed by atoms with E-state index in [1.165, 1.54) is 12.1 Å². The van der Waals surface area contributed by atoms with Crippen molar-refractivity contribution in [3.63, 3.8) is 0 Å². The van der Waals surface area contributed by atoms with Gasteiger partial charge >= 0.3 is 6.18 Å². The molecular weight excluding hydrogens is 427 g/mol. The molecule has 7 nitrogen and oxygen atoms in total. The van der Waals surface area contributed by atoms with Gasteiger partial charge in [0.25, 0.3) is 5.91 Å². The monoisotopic (exact) mass is 447 g/mol. The molecule has 0 unspecified atom stereocenters. The highest BCUT2D eigenvalue weighted by Gasteiger charge is 2.28. The molecule has 0 aliphatic rings. The summed E-state index contributed by atoms with van der Waals surface area (Å²) in [6, 6.07) is 13.0. The van der Waals surface area contributed by atoms with Crippen LogP contribution in [0.4, 0.5) is 13.2 Å². The second-order valence-corrected chi connectivity index (χ2v) is 6.48. The fraction of sp³-hybridized carbons (Fsp3) is 0.227. The molecule has 0 aliphatic heterocycles. The SMILES string of the molecule is CCOc1ccc(Oc2cc(CNC(=O)c3ccc(OCC(F)(F)F)nc3)ccn2)cc1. The summed E-state index contributed by atoms with van der Waals surface area (Å²) in [4.78, 5) is 20.1. The molecule has 1 N–H and O–H groups in total. The first-order valence-electron chi connectivity index (χ1n) is 9.62. The number of hydrogen-bond donors (Lipinski definition) is 1. The first-order valence-corrected chi connectivity index (χ1v) is 9.62. The van der Waals surface area contributed by atoms with Gasteiger partial charge in [-0.25, -0.2) is 9.97 Å². The third kappa shape index (κ3) is 7.15. The Morgan fingerprint density at radius 1 is 0.969 bits per heavy atom. The predicted molar refractivity (Wildman–Crippen MR) is 109 cm³/mol. The zero-order valence-corrected chi connectivity index (χ0v) is 17.1. The molecule has 10 heteroatoms. The topological polar surface area (TPSA) is 82.6 Å². The number of nitrogens with zero attached hydrogens (tertiary/aromatic N) is 2. The van der Waals surface area contributed by atoms with Crippen LogP contribution in [0.15, 0.2) is 60.9 Å². The minimum absolute atomic E-state index is 0.185. The lowest BCUT2D eigenvalue weighted by atomic mass is 10.2. The molecule has 32 heavy (non-hydrogen) atoms. The van der Waals surface area contributed by atoms with Crippen LogP contribution in [-0.2, 0) is 6.54 Å². The molecule has 0 spiro atoms. The number of halogens is 3. The summed E-state index contributed by atoms with van der Waals surface area (Å²) >= 11 is 0. The number of nitrogens with one attached hydrogen (secondary N) is 1. The molecule has 2 heterocycles. The van der Waals surface area contributed by atoms with E-state index in [9.17, 15) is 18.0 Å². The highest BCUT2D eigenvalue weighted by Crippen LogP contribution is 2.23. The average molecular weight is 447 g/mol. The van der Waals surface area contributed by atoms with Crippen molar-refractivity contribution in [3.05, 3.63) is 72.1 Å². The Hall–Kier alpha value is -3.82. The van der Waals surface area contributed by atoms with Gasteiger partial charge in [0.15, 0.2) is 6.61 Å². The van der Waals surface area contributed by atoms with Gasteiger partial charge in [0, 0.05) is 31.1 Å². The minimum atomic E-state index is -4.46. The van der Waals surface area contributed by atoms with Gasteiger partial charge < -0.3 is 19.5 Å². The molecule has 0 atom stereocenters. The second-order valence-electron chi connectivity index (χ2n) is 6.48. The zero-order chi connectivity index (χ0) is 23.0. The van der Waals surface area contributed by atoms with Crippen LogP contribution in [-0.4, -0.2) is 35.3 Å². The van der Waals surface area contributed by atoms with Crippen LogP contribution in [0, 0.1) is 0 Å². The van der Waals surface area contributed by atoms with Gasteiger partial charge in [-0.3, -0.25) is 4.79 Å². The Bertz CT molecular complexity index is 1030. The maximum absolute atomic E-state index is 12.3. The smallest absolute Gasteiger partial charge is 0.422 e. The number of pyridine rings is 2. The molecule has 168 valence electrons. The van der Waals surface area contributed by atoms with Crippen LogP contribution >= 0.6 is 0 Å². The lowest BCUT2D eigenvalue weighted by molar-refractivity contribution is -0.154. The van der Waals surface area contributed by atoms with E-state index in [0.717, 1.165) is 17.5 Å². The van der Waals surface area contributed by atoms with E-state index in [4.69, 9.17) is 9.47 Å². The molecule has 0 saturated heterocycles. The van der Waals surface area contributed by atoms with Crippen molar-refractivity contribution in [1.29, 1.82) is 0 Å². The second kappa shape index (κ2) is 10.5. The van der Waals surface area contributed by atoms with Crippen molar-refractivity contribution in [3.8, 4) is 23.3 Å². The first-order chi connectivity index (χ1) is 15.3. The Morgan fingerprint density at radius 2 is 1.72 bits per heavy atom. The van der Waals surface area contributed by atoms with Crippen LogP contribution in [0.25, 0.3) is 0 Å². The van der Waals surface area contributed by atoms with Crippen molar-refractivity contribution in [2.24, 2.45) is 0 Å². The van der Waals surface area contributed by atoms with E-state index in [0.29, 0.717) is 18.2 Å². The van der Waals surface area contributed by atoms with E-state index in [1.807, 2.05) is 6.92 Å². The van der Waals surface area contributed by atoms with Crippen molar-refractivity contribution in [2.75, 3.05) is 13.2 Å². The van der Waals surface area contributed by atoms with Gasteiger partial charge in [-0.15, -0.1) is 0 Å². The van der Waals surface area contributed by atoms with E-state index in [1.54, 1.807) is 42.6 Å². The number of carbonyl (C=O) groups excluding carboxylic acids is 1. The summed E-state index contributed by atoms with van der Waals surface area (Å²) in [6.45, 7) is 1.21. The van der Waals surface area contributed by atoms with Gasteiger partial charge in [0.1, 0.15) is 11.5 Å². The van der Waals surface area contributed by atoms with Gasteiger partial charge in [-0.1, -0.05) is 0 Å². The van der Waals surface area contributed by atoms with Crippen molar-refractivity contribution in [2.45, 2.75) is 19.6 Å². The number of alkyl halides is 3. The van der Waals surface area contributed by atoms with E-state index >= 15 is 0 Å². The molecule has 0 bridgehead atoms. The van der Waals surface area contributed by atoms with Gasteiger partial charge in [0.2, 0.25) is 11.8 Å². The molecule has 3 rings (SSSR count). The first kappa shape index (κ1) is 22.9. The van der Waals surface area contributed by atoms with E-state index < -0.39 is 18.7 Å². The number of carbonyl (C=O) groups is 1. The fourth-order valence-electron chi connectivity index (χ4n) is 2.55. The number of amides is 1. The summed E-state index contributed by atoms with van der Waals surface area (Å²) in [5.41, 5.74) is 0.927. The molecule has 3 aromatic rings. The van der Waals surface area contributed by atoms with Crippen LogP contribution < -0.4 is 19.5 Å². The number of rotatable bonds is 9. The summed E-state index contributed by atoms with van der Waals surface area (Å²) in [5, 5.41) is 2.70. The number of benzene rings is 1. The lowest BCUT2D eigenvalue weighted by Crippen LogP contribution is -2.23. The van der Waals surface area contributed by atoms with E-state index in [-0.39, 0.29) is 18.0 Å². The number of aromatic nitrogens is 2.